The molecule has 33 heavy (non-hydrogen) atoms. The van der Waals surface area contributed by atoms with Gasteiger partial charge in [-0.05, 0) is 66.3 Å². The van der Waals surface area contributed by atoms with E-state index in [1.807, 2.05) is 66.7 Å². The first kappa shape index (κ1) is 20.5. The molecule has 0 amide bonds. The molecule has 0 aliphatic rings. The molecule has 5 aromatic rings. The van der Waals surface area contributed by atoms with Crippen LogP contribution >= 0.6 is 12.2 Å². The summed E-state index contributed by atoms with van der Waals surface area (Å²) in [5.74, 6) is 0.563. The third-order valence-corrected chi connectivity index (χ3v) is 5.31. The van der Waals surface area contributed by atoms with Crippen molar-refractivity contribution in [3.8, 4) is 11.5 Å². The lowest BCUT2D eigenvalue weighted by atomic mass is 10.1. The summed E-state index contributed by atoms with van der Waals surface area (Å²) in [5.41, 5.74) is 4.87. The van der Waals surface area contributed by atoms with Gasteiger partial charge in [0.2, 0.25) is 10.6 Å². The van der Waals surface area contributed by atoms with E-state index in [-0.39, 0.29) is 0 Å². The van der Waals surface area contributed by atoms with E-state index in [2.05, 4.69) is 61.6 Å². The quantitative estimate of drug-likeness (QED) is 0.243. The summed E-state index contributed by atoms with van der Waals surface area (Å²) in [6, 6.07) is 34.4. The van der Waals surface area contributed by atoms with Crippen LogP contribution in [0.5, 0.6) is 0 Å². The molecule has 7 heteroatoms. The van der Waals surface area contributed by atoms with Crippen LogP contribution in [-0.2, 0) is 0 Å². The Morgan fingerprint density at radius 1 is 0.758 bits per heavy atom. The summed E-state index contributed by atoms with van der Waals surface area (Å²) in [6.07, 6.45) is 3.47. The first-order chi connectivity index (χ1) is 16.3. The maximum atomic E-state index is 5.35. The highest BCUT2D eigenvalue weighted by molar-refractivity contribution is 7.71. The van der Waals surface area contributed by atoms with Gasteiger partial charge < -0.3 is 4.90 Å². The van der Waals surface area contributed by atoms with Crippen LogP contribution < -0.4 is 4.90 Å². The van der Waals surface area contributed by atoms with Crippen molar-refractivity contribution in [1.82, 2.24) is 19.9 Å². The van der Waals surface area contributed by atoms with E-state index in [0.29, 0.717) is 16.3 Å². The number of nitrogens with one attached hydrogen (secondary N) is 1. The number of H-pyrrole nitrogens is 1. The maximum absolute atomic E-state index is 5.35. The van der Waals surface area contributed by atoms with Gasteiger partial charge in [0.1, 0.15) is 5.69 Å². The number of hydrogen-bond acceptors (Lipinski definition) is 5. The van der Waals surface area contributed by atoms with Crippen molar-refractivity contribution >= 4 is 35.5 Å². The number of anilines is 3. The van der Waals surface area contributed by atoms with Gasteiger partial charge in [-0.3, -0.25) is 4.98 Å². The molecule has 0 aliphatic carbocycles. The third kappa shape index (κ3) is 4.49. The van der Waals surface area contributed by atoms with E-state index >= 15 is 0 Å². The Morgan fingerprint density at radius 2 is 1.36 bits per heavy atom. The molecule has 0 aliphatic heterocycles. The molecular weight excluding hydrogens is 428 g/mol. The average molecular weight is 449 g/mol. The highest BCUT2D eigenvalue weighted by Gasteiger charge is 2.12. The number of hydrogen-bond donors (Lipinski definition) is 1. The standard InChI is InChI=1S/C26H20N6S/c33-26-30-29-25(24-13-7-8-18-27-24)32(26)28-19-20-14-16-23(17-15-20)31(21-9-3-1-4-10-21)22-11-5-2-6-12-22/h1-19H,(H,30,33)/b28-19-. The molecule has 1 N–H and O–H groups in total. The number of benzene rings is 3. The predicted octanol–water partition coefficient (Wildman–Crippen LogP) is 6.35. The normalized spacial score (nSPS) is 11.0. The van der Waals surface area contributed by atoms with Gasteiger partial charge in [-0.1, -0.05) is 54.6 Å². The van der Waals surface area contributed by atoms with E-state index < -0.39 is 0 Å². The van der Waals surface area contributed by atoms with Crippen molar-refractivity contribution in [3.63, 3.8) is 0 Å². The largest absolute Gasteiger partial charge is 0.311 e. The van der Waals surface area contributed by atoms with Crippen molar-refractivity contribution in [2.24, 2.45) is 5.10 Å². The molecule has 2 heterocycles. The predicted molar refractivity (Wildman–Crippen MR) is 135 cm³/mol. The summed E-state index contributed by atoms with van der Waals surface area (Å²) in [5, 5.41) is 11.6. The van der Waals surface area contributed by atoms with Gasteiger partial charge >= 0.3 is 0 Å². The van der Waals surface area contributed by atoms with E-state index in [9.17, 15) is 0 Å². The van der Waals surface area contributed by atoms with Gasteiger partial charge in [-0.25, -0.2) is 5.10 Å². The second kappa shape index (κ2) is 9.42. The van der Waals surface area contributed by atoms with Gasteiger partial charge in [-0.15, -0.1) is 0 Å². The van der Waals surface area contributed by atoms with E-state index in [1.54, 1.807) is 17.1 Å². The third-order valence-electron chi connectivity index (χ3n) is 5.05. The second-order valence-electron chi connectivity index (χ2n) is 7.22. The monoisotopic (exact) mass is 448 g/mol. The fraction of sp³-hybridized carbons (Fsp3) is 0. The summed E-state index contributed by atoms with van der Waals surface area (Å²) in [4.78, 5) is 6.55. The van der Waals surface area contributed by atoms with Crippen LogP contribution in [0.1, 0.15) is 5.56 Å². The summed E-state index contributed by atoms with van der Waals surface area (Å²) >= 11 is 5.35. The van der Waals surface area contributed by atoms with Crippen molar-refractivity contribution in [1.29, 1.82) is 0 Å². The Hall–Kier alpha value is -4.36. The second-order valence-corrected chi connectivity index (χ2v) is 7.61. The van der Waals surface area contributed by atoms with Gasteiger partial charge in [0, 0.05) is 23.3 Å². The van der Waals surface area contributed by atoms with Crippen LogP contribution in [0.4, 0.5) is 17.1 Å². The Morgan fingerprint density at radius 3 is 1.97 bits per heavy atom. The van der Waals surface area contributed by atoms with Crippen molar-refractivity contribution < 1.29 is 0 Å². The molecule has 0 atom stereocenters. The number of para-hydroxylation sites is 2. The number of aromatic amines is 1. The molecule has 160 valence electrons. The lowest BCUT2D eigenvalue weighted by Crippen LogP contribution is -2.09. The number of rotatable bonds is 6. The lowest BCUT2D eigenvalue weighted by molar-refractivity contribution is 0.867. The van der Waals surface area contributed by atoms with Gasteiger partial charge in [0.25, 0.3) is 0 Å². The van der Waals surface area contributed by atoms with E-state index in [4.69, 9.17) is 12.2 Å². The molecule has 0 saturated heterocycles. The van der Waals surface area contributed by atoms with Crippen LogP contribution in [0.3, 0.4) is 0 Å². The fourth-order valence-electron chi connectivity index (χ4n) is 3.49. The molecule has 0 spiro atoms. The summed E-state index contributed by atoms with van der Waals surface area (Å²) in [7, 11) is 0. The Labute approximate surface area is 196 Å². The minimum Gasteiger partial charge on any atom is -0.311 e. The molecule has 0 bridgehead atoms. The van der Waals surface area contributed by atoms with Crippen LogP contribution in [0.2, 0.25) is 0 Å². The Kier molecular flexibility index (Phi) is 5.86. The zero-order chi connectivity index (χ0) is 22.5. The first-order valence-electron chi connectivity index (χ1n) is 10.4. The highest BCUT2D eigenvalue weighted by Crippen LogP contribution is 2.33. The van der Waals surface area contributed by atoms with Gasteiger partial charge in [-0.2, -0.15) is 14.9 Å². The fourth-order valence-corrected chi connectivity index (χ4v) is 3.67. The summed E-state index contributed by atoms with van der Waals surface area (Å²) < 4.78 is 1.98. The van der Waals surface area contributed by atoms with E-state index in [0.717, 1.165) is 22.6 Å². The van der Waals surface area contributed by atoms with E-state index in [1.165, 1.54) is 0 Å². The maximum Gasteiger partial charge on any atom is 0.216 e. The number of nitrogens with zero attached hydrogens (tertiary/aromatic N) is 5. The van der Waals surface area contributed by atoms with Gasteiger partial charge in [0.05, 0.1) is 6.21 Å². The minimum atomic E-state index is 0.405. The molecule has 0 fully saturated rings. The van der Waals surface area contributed by atoms with Crippen molar-refractivity contribution in [3.05, 3.63) is 120 Å². The molecule has 0 radical (unpaired) electrons. The molecule has 0 saturated carbocycles. The highest BCUT2D eigenvalue weighted by atomic mass is 32.1. The number of aromatic nitrogens is 4. The Balaban J connectivity index is 1.45. The van der Waals surface area contributed by atoms with Gasteiger partial charge in [0.15, 0.2) is 0 Å². The molecule has 6 nitrogen and oxygen atoms in total. The average Bonchev–Trinajstić information content (AvgIpc) is 3.26. The smallest absolute Gasteiger partial charge is 0.216 e. The van der Waals surface area contributed by atoms with Crippen LogP contribution in [-0.4, -0.2) is 26.1 Å². The molecule has 2 aromatic heterocycles. The van der Waals surface area contributed by atoms with Crippen molar-refractivity contribution in [2.75, 3.05) is 4.90 Å². The van der Waals surface area contributed by atoms with Crippen LogP contribution in [0.25, 0.3) is 11.5 Å². The Bertz CT molecular complexity index is 1370. The molecule has 0 unspecified atom stereocenters. The molecular formula is C26H20N6S. The molecule has 3 aromatic carbocycles. The lowest BCUT2D eigenvalue weighted by Gasteiger charge is -2.25. The zero-order valence-corrected chi connectivity index (χ0v) is 18.4. The van der Waals surface area contributed by atoms with Crippen molar-refractivity contribution in [2.45, 2.75) is 0 Å². The number of pyridine rings is 1. The SMILES string of the molecule is S=c1[nH]nc(-c2ccccn2)n1/N=C\c1ccc(N(c2ccccc2)c2ccccc2)cc1. The minimum absolute atomic E-state index is 0.405. The zero-order valence-electron chi connectivity index (χ0n) is 17.6. The first-order valence-corrected chi connectivity index (χ1v) is 10.8. The van der Waals surface area contributed by atoms with Crippen LogP contribution in [0.15, 0.2) is 114 Å². The summed E-state index contributed by atoms with van der Waals surface area (Å²) in [6.45, 7) is 0. The van der Waals surface area contributed by atoms with Crippen LogP contribution in [0, 0.1) is 4.77 Å². The topological polar surface area (TPSA) is 62.1 Å². The molecule has 5 rings (SSSR count).